The van der Waals surface area contributed by atoms with Crippen molar-refractivity contribution in [3.8, 4) is 10.6 Å². The highest BCUT2D eigenvalue weighted by molar-refractivity contribution is 7.15. The highest BCUT2D eigenvalue weighted by Gasteiger charge is 2.23. The number of allylic oxidation sites excluding steroid dienone is 4. The van der Waals surface area contributed by atoms with Crippen LogP contribution in [0.4, 0.5) is 11.4 Å². The molecule has 1 saturated carbocycles. The second-order valence-corrected chi connectivity index (χ2v) is 9.86. The number of carbonyl (C=O) groups excluding carboxylic acids is 1. The van der Waals surface area contributed by atoms with Gasteiger partial charge in [-0.15, -0.1) is 10.2 Å². The Morgan fingerprint density at radius 3 is 2.50 bits per heavy atom. The molecule has 5 rings (SSSR count). The maximum atomic E-state index is 12.4. The molecule has 1 aromatic heterocycles. The maximum absolute atomic E-state index is 12.4. The van der Waals surface area contributed by atoms with Crippen molar-refractivity contribution < 1.29 is 9.63 Å². The molecule has 0 saturated heterocycles. The van der Waals surface area contributed by atoms with Crippen molar-refractivity contribution in [1.82, 2.24) is 10.2 Å². The molecule has 2 aromatic carbocycles. The Balaban J connectivity index is 1.20. The predicted octanol–water partition coefficient (Wildman–Crippen LogP) is 6.51. The van der Waals surface area contributed by atoms with Gasteiger partial charge in [-0.2, -0.15) is 0 Å². The summed E-state index contributed by atoms with van der Waals surface area (Å²) in [6.07, 6.45) is 14.9. The molecule has 7 heteroatoms. The zero-order chi connectivity index (χ0) is 23.3. The second kappa shape index (κ2) is 10.2. The van der Waals surface area contributed by atoms with E-state index in [-0.39, 0.29) is 0 Å². The van der Waals surface area contributed by atoms with E-state index < -0.39 is 5.97 Å². The zero-order valence-corrected chi connectivity index (χ0v) is 19.8. The van der Waals surface area contributed by atoms with Crippen LogP contribution in [0.5, 0.6) is 0 Å². The van der Waals surface area contributed by atoms with E-state index in [1.54, 1.807) is 35.6 Å². The van der Waals surface area contributed by atoms with Crippen molar-refractivity contribution in [2.45, 2.75) is 38.5 Å². The Bertz CT molecular complexity index is 1210. The number of carbonyl (C=O) groups is 1. The molecule has 3 N–H and O–H groups in total. The molecule has 1 heterocycles. The van der Waals surface area contributed by atoms with Crippen molar-refractivity contribution in [2.24, 2.45) is 11.8 Å². The lowest BCUT2D eigenvalue weighted by Crippen LogP contribution is -2.17. The normalized spacial score (nSPS) is 18.4. The third kappa shape index (κ3) is 5.04. The van der Waals surface area contributed by atoms with Crippen LogP contribution in [0.25, 0.3) is 16.1 Å². The zero-order valence-electron chi connectivity index (χ0n) is 18.9. The van der Waals surface area contributed by atoms with Crippen LogP contribution in [-0.2, 0) is 4.84 Å². The van der Waals surface area contributed by atoms with Gasteiger partial charge in [0.2, 0.25) is 0 Å². The first-order chi connectivity index (χ1) is 16.7. The smallest absolute Gasteiger partial charge is 0.362 e. The van der Waals surface area contributed by atoms with Gasteiger partial charge in [0.15, 0.2) is 0 Å². The molecular formula is C27H28N4O2S. The van der Waals surface area contributed by atoms with Gasteiger partial charge in [-0.25, -0.2) is 10.3 Å². The van der Waals surface area contributed by atoms with Gasteiger partial charge in [0.25, 0.3) is 0 Å². The number of nitrogens with one attached hydrogen (secondary N) is 1. The van der Waals surface area contributed by atoms with Crippen LogP contribution in [-0.4, -0.2) is 16.2 Å². The standard InChI is InChI=1S/C27H28N4O2S/c28-23-8-4-5-9-24(23)31-33-27(32)22-16-14-21(15-17-22)26-30-29-25(34-26)20-12-10-19(11-13-20)18-6-2-1-3-7-18/h4-5,8-10,12-19,31H,1-3,6-7,11,28H2. The molecule has 0 spiro atoms. The number of hydrogen-bond acceptors (Lipinski definition) is 7. The molecule has 1 fully saturated rings. The van der Waals surface area contributed by atoms with Crippen LogP contribution in [0.15, 0.2) is 66.8 Å². The summed E-state index contributed by atoms with van der Waals surface area (Å²) in [6, 6.07) is 14.3. The van der Waals surface area contributed by atoms with Crippen LogP contribution >= 0.6 is 11.3 Å². The molecule has 0 radical (unpaired) electrons. The van der Waals surface area contributed by atoms with E-state index in [1.807, 2.05) is 24.3 Å². The van der Waals surface area contributed by atoms with Gasteiger partial charge in [-0.3, -0.25) is 0 Å². The summed E-state index contributed by atoms with van der Waals surface area (Å²) in [4.78, 5) is 17.5. The Morgan fingerprint density at radius 2 is 1.76 bits per heavy atom. The van der Waals surface area contributed by atoms with Gasteiger partial charge in [-0.1, -0.05) is 73.1 Å². The number of benzene rings is 2. The van der Waals surface area contributed by atoms with E-state index in [4.69, 9.17) is 10.6 Å². The third-order valence-electron chi connectivity index (χ3n) is 6.64. The van der Waals surface area contributed by atoms with E-state index in [0.29, 0.717) is 22.9 Å². The number of para-hydroxylation sites is 2. The Kier molecular flexibility index (Phi) is 6.72. The van der Waals surface area contributed by atoms with E-state index >= 15 is 0 Å². The highest BCUT2D eigenvalue weighted by Crippen LogP contribution is 2.37. The summed E-state index contributed by atoms with van der Waals surface area (Å²) in [7, 11) is 0. The van der Waals surface area contributed by atoms with Crippen molar-refractivity contribution in [1.29, 1.82) is 0 Å². The number of nitrogens with two attached hydrogens (primary N) is 1. The summed E-state index contributed by atoms with van der Waals surface area (Å²) < 4.78 is 0. The van der Waals surface area contributed by atoms with Crippen molar-refractivity contribution in [3.05, 3.63) is 77.3 Å². The average Bonchev–Trinajstić information content (AvgIpc) is 3.39. The van der Waals surface area contributed by atoms with Crippen molar-refractivity contribution >= 4 is 34.3 Å². The molecule has 0 bridgehead atoms. The number of hydrogen-bond donors (Lipinski definition) is 2. The lowest BCUT2D eigenvalue weighted by molar-refractivity contribution is 0.0597. The average molecular weight is 473 g/mol. The molecule has 3 aromatic rings. The van der Waals surface area contributed by atoms with Gasteiger partial charge in [0, 0.05) is 11.1 Å². The summed E-state index contributed by atoms with van der Waals surface area (Å²) in [6.45, 7) is 0. The molecular weight excluding hydrogens is 444 g/mol. The van der Waals surface area contributed by atoms with E-state index in [9.17, 15) is 4.79 Å². The first-order valence-corrected chi connectivity index (χ1v) is 12.6. The van der Waals surface area contributed by atoms with Crippen LogP contribution in [0, 0.1) is 11.8 Å². The molecule has 0 amide bonds. The minimum atomic E-state index is -0.488. The summed E-state index contributed by atoms with van der Waals surface area (Å²) in [5, 5.41) is 10.6. The lowest BCUT2D eigenvalue weighted by Gasteiger charge is -2.29. The summed E-state index contributed by atoms with van der Waals surface area (Å²) >= 11 is 1.57. The first-order valence-electron chi connectivity index (χ1n) is 11.8. The molecule has 34 heavy (non-hydrogen) atoms. The number of nitrogen functional groups attached to an aromatic ring is 1. The first kappa shape index (κ1) is 22.3. The number of nitrogens with zero attached hydrogens (tertiary/aromatic N) is 2. The van der Waals surface area contributed by atoms with Gasteiger partial charge >= 0.3 is 5.97 Å². The molecule has 2 aliphatic carbocycles. The second-order valence-electron chi connectivity index (χ2n) is 8.88. The van der Waals surface area contributed by atoms with Gasteiger partial charge in [0.05, 0.1) is 16.9 Å². The molecule has 1 unspecified atom stereocenters. The molecule has 1 atom stereocenters. The Morgan fingerprint density at radius 1 is 1.00 bits per heavy atom. The highest BCUT2D eigenvalue weighted by atomic mass is 32.1. The topological polar surface area (TPSA) is 90.1 Å². The number of rotatable bonds is 6. The SMILES string of the molecule is Nc1ccccc1NOC(=O)c1ccc(-c2nnc(C3=CCC(C4CCCCC4)C=C3)s2)cc1. The van der Waals surface area contributed by atoms with Gasteiger partial charge in [0.1, 0.15) is 10.0 Å². The van der Waals surface area contributed by atoms with Crippen LogP contribution in [0.2, 0.25) is 0 Å². The fourth-order valence-corrected chi connectivity index (χ4v) is 5.53. The van der Waals surface area contributed by atoms with Crippen molar-refractivity contribution in [3.63, 3.8) is 0 Å². The monoisotopic (exact) mass is 472 g/mol. The van der Waals surface area contributed by atoms with Crippen molar-refractivity contribution in [2.75, 3.05) is 11.2 Å². The minimum absolute atomic E-state index is 0.433. The van der Waals surface area contributed by atoms with Crippen LogP contribution < -0.4 is 11.2 Å². The largest absolute Gasteiger partial charge is 0.397 e. The Hall–Kier alpha value is -3.45. The van der Waals surface area contributed by atoms with E-state index in [0.717, 1.165) is 33.5 Å². The minimum Gasteiger partial charge on any atom is -0.397 e. The third-order valence-corrected chi connectivity index (χ3v) is 7.66. The van der Waals surface area contributed by atoms with Crippen LogP contribution in [0.3, 0.4) is 0 Å². The van der Waals surface area contributed by atoms with Crippen LogP contribution in [0.1, 0.15) is 53.9 Å². The van der Waals surface area contributed by atoms with Gasteiger partial charge in [-0.05, 0) is 55.4 Å². The molecule has 6 nitrogen and oxygen atoms in total. The molecule has 174 valence electrons. The molecule has 2 aliphatic rings. The maximum Gasteiger partial charge on any atom is 0.362 e. The number of aromatic nitrogens is 2. The summed E-state index contributed by atoms with van der Waals surface area (Å²) in [5.41, 5.74) is 12.0. The predicted molar refractivity (Wildman–Crippen MR) is 137 cm³/mol. The van der Waals surface area contributed by atoms with Gasteiger partial charge < -0.3 is 10.6 Å². The van der Waals surface area contributed by atoms with E-state index in [2.05, 4.69) is 33.9 Å². The Labute approximate surface area is 203 Å². The quantitative estimate of drug-likeness (QED) is 0.314. The lowest BCUT2D eigenvalue weighted by atomic mass is 9.77. The molecule has 0 aliphatic heterocycles. The summed E-state index contributed by atoms with van der Waals surface area (Å²) in [5.74, 6) is 1.01. The number of anilines is 2. The fourth-order valence-electron chi connectivity index (χ4n) is 4.66. The fraction of sp³-hybridized carbons (Fsp3) is 0.296. The van der Waals surface area contributed by atoms with E-state index in [1.165, 1.54) is 32.1 Å².